The smallest absolute Gasteiger partial charge is 0.344 e. The van der Waals surface area contributed by atoms with Gasteiger partial charge in [0.25, 0.3) is 0 Å². The predicted molar refractivity (Wildman–Crippen MR) is 99.7 cm³/mol. The Morgan fingerprint density at radius 3 is 3.08 bits per heavy atom. The molecule has 1 aromatic heterocycles. The number of amides is 1. The minimum atomic E-state index is -0.251. The molecule has 0 radical (unpaired) electrons. The summed E-state index contributed by atoms with van der Waals surface area (Å²) in [5.41, 5.74) is 1.97. The maximum absolute atomic E-state index is 12.8. The molecule has 0 bridgehead atoms. The van der Waals surface area contributed by atoms with Gasteiger partial charge in [0.2, 0.25) is 5.91 Å². The number of thioether (sulfide) groups is 1. The molecule has 2 aliphatic rings. The first-order valence-corrected chi connectivity index (χ1v) is 9.99. The largest absolute Gasteiger partial charge is 0.376 e. The van der Waals surface area contributed by atoms with Crippen LogP contribution in [0.4, 0.5) is 5.69 Å². The second kappa shape index (κ2) is 7.67. The van der Waals surface area contributed by atoms with Crippen molar-refractivity contribution in [1.29, 1.82) is 0 Å². The van der Waals surface area contributed by atoms with Gasteiger partial charge in [-0.1, -0.05) is 30.0 Å². The minimum Gasteiger partial charge on any atom is -0.376 e. The maximum Gasteiger partial charge on any atom is 0.344 e. The summed E-state index contributed by atoms with van der Waals surface area (Å²) in [5, 5.41) is 7.11. The number of benzene rings is 1. The Bertz CT molecular complexity index is 841. The summed E-state index contributed by atoms with van der Waals surface area (Å²) in [5.74, 6) is 0.297. The summed E-state index contributed by atoms with van der Waals surface area (Å²) in [6.07, 6.45) is 4.00. The topological polar surface area (TPSA) is 80.2 Å². The molecule has 0 saturated carbocycles. The summed E-state index contributed by atoms with van der Waals surface area (Å²) in [6.45, 7) is 1.96. The van der Waals surface area contributed by atoms with Gasteiger partial charge < -0.3 is 9.64 Å². The van der Waals surface area contributed by atoms with Crippen LogP contribution in [-0.2, 0) is 22.5 Å². The number of nitrogens with one attached hydrogen (secondary N) is 1. The van der Waals surface area contributed by atoms with E-state index in [4.69, 9.17) is 4.74 Å². The first-order chi connectivity index (χ1) is 12.7. The van der Waals surface area contributed by atoms with Gasteiger partial charge in [0.05, 0.1) is 18.4 Å². The number of aromatic nitrogens is 3. The van der Waals surface area contributed by atoms with Crippen molar-refractivity contribution in [2.45, 2.75) is 43.5 Å². The van der Waals surface area contributed by atoms with Crippen molar-refractivity contribution in [3.63, 3.8) is 0 Å². The lowest BCUT2D eigenvalue weighted by atomic mass is 10.0. The molecule has 138 valence electrons. The first-order valence-electron chi connectivity index (χ1n) is 9.00. The number of H-pyrrole nitrogens is 1. The molecule has 3 heterocycles. The van der Waals surface area contributed by atoms with Crippen LogP contribution >= 0.6 is 11.8 Å². The van der Waals surface area contributed by atoms with Crippen molar-refractivity contribution in [3.05, 3.63) is 40.3 Å². The van der Waals surface area contributed by atoms with Crippen LogP contribution in [0.25, 0.3) is 0 Å². The molecule has 1 amide bonds. The quantitative estimate of drug-likeness (QED) is 0.808. The molecule has 0 unspecified atom stereocenters. The number of aromatic amines is 1. The standard InChI is InChI=1S/C18H22N4O3S/c23-16(21-9-3-6-13-5-1-2-8-15(13)21)12-26-18-20-19-17(24)22(18)11-14-7-4-10-25-14/h1-2,5,8,14H,3-4,6-7,9-12H2,(H,19,24)/t14-/m1/s1. The number of ether oxygens (including phenoxy) is 1. The highest BCUT2D eigenvalue weighted by molar-refractivity contribution is 7.99. The number of nitrogens with zero attached hydrogens (tertiary/aromatic N) is 3. The van der Waals surface area contributed by atoms with Crippen LogP contribution < -0.4 is 10.6 Å². The van der Waals surface area contributed by atoms with Crippen LogP contribution in [-0.4, -0.2) is 45.7 Å². The fourth-order valence-corrected chi connectivity index (χ4v) is 4.40. The van der Waals surface area contributed by atoms with Gasteiger partial charge in [-0.05, 0) is 37.3 Å². The van der Waals surface area contributed by atoms with Crippen molar-refractivity contribution in [3.8, 4) is 0 Å². The Balaban J connectivity index is 1.43. The molecule has 1 N–H and O–H groups in total. The number of carbonyl (C=O) groups is 1. The van der Waals surface area contributed by atoms with Crippen LogP contribution in [0.15, 0.2) is 34.2 Å². The Morgan fingerprint density at radius 2 is 2.23 bits per heavy atom. The van der Waals surface area contributed by atoms with E-state index in [2.05, 4.69) is 16.3 Å². The Morgan fingerprint density at radius 1 is 1.35 bits per heavy atom. The van der Waals surface area contributed by atoms with Gasteiger partial charge in [-0.3, -0.25) is 9.36 Å². The molecule has 0 aliphatic carbocycles. The second-order valence-corrected chi connectivity index (χ2v) is 7.57. The highest BCUT2D eigenvalue weighted by Gasteiger charge is 2.24. The van der Waals surface area contributed by atoms with Crippen LogP contribution in [0.5, 0.6) is 0 Å². The Labute approximate surface area is 155 Å². The van der Waals surface area contributed by atoms with Gasteiger partial charge in [-0.25, -0.2) is 9.89 Å². The molecule has 2 aliphatic heterocycles. The van der Waals surface area contributed by atoms with Crippen molar-refractivity contribution >= 4 is 23.4 Å². The number of para-hydroxylation sites is 1. The predicted octanol–water partition coefficient (Wildman–Crippen LogP) is 1.82. The summed E-state index contributed by atoms with van der Waals surface area (Å²) in [7, 11) is 0. The molecular weight excluding hydrogens is 352 g/mol. The number of hydrogen-bond donors (Lipinski definition) is 1. The van der Waals surface area contributed by atoms with Gasteiger partial charge in [-0.15, -0.1) is 5.10 Å². The number of rotatable bonds is 5. The molecule has 1 aromatic carbocycles. The van der Waals surface area contributed by atoms with E-state index in [1.165, 1.54) is 17.3 Å². The summed E-state index contributed by atoms with van der Waals surface area (Å²) < 4.78 is 7.19. The number of anilines is 1. The Hall–Kier alpha value is -2.06. The normalized spacial score (nSPS) is 19.5. The zero-order valence-corrected chi connectivity index (χ0v) is 15.3. The lowest BCUT2D eigenvalue weighted by Gasteiger charge is -2.29. The zero-order valence-electron chi connectivity index (χ0n) is 14.5. The molecule has 2 aromatic rings. The van der Waals surface area contributed by atoms with Gasteiger partial charge in [0.15, 0.2) is 5.16 Å². The van der Waals surface area contributed by atoms with Gasteiger partial charge in [0.1, 0.15) is 0 Å². The molecule has 4 rings (SSSR count). The van der Waals surface area contributed by atoms with E-state index >= 15 is 0 Å². The molecule has 8 heteroatoms. The molecule has 26 heavy (non-hydrogen) atoms. The SMILES string of the molecule is O=C(CSc1n[nH]c(=O)n1C[C@H]1CCCO1)N1CCCc2ccccc21. The lowest BCUT2D eigenvalue weighted by Crippen LogP contribution is -2.36. The van der Waals surface area contributed by atoms with Crippen LogP contribution in [0.3, 0.4) is 0 Å². The van der Waals surface area contributed by atoms with Crippen LogP contribution in [0, 0.1) is 0 Å². The highest BCUT2D eigenvalue weighted by Crippen LogP contribution is 2.28. The fraction of sp³-hybridized carbons (Fsp3) is 0.500. The van der Waals surface area contributed by atoms with Crippen molar-refractivity contribution in [1.82, 2.24) is 14.8 Å². The number of hydrogen-bond acceptors (Lipinski definition) is 5. The van der Waals surface area contributed by atoms with Gasteiger partial charge in [0, 0.05) is 18.8 Å². The number of aryl methyl sites for hydroxylation is 1. The van der Waals surface area contributed by atoms with E-state index in [0.717, 1.165) is 44.5 Å². The van der Waals surface area contributed by atoms with Crippen molar-refractivity contribution in [2.24, 2.45) is 0 Å². The maximum atomic E-state index is 12.8. The number of carbonyl (C=O) groups excluding carboxylic acids is 1. The summed E-state index contributed by atoms with van der Waals surface area (Å²) in [4.78, 5) is 26.6. The summed E-state index contributed by atoms with van der Waals surface area (Å²) >= 11 is 1.30. The molecular formula is C18H22N4O3S. The van der Waals surface area contributed by atoms with E-state index in [1.54, 1.807) is 4.57 Å². The fourth-order valence-electron chi connectivity index (χ4n) is 3.56. The molecule has 7 nitrogen and oxygen atoms in total. The first kappa shape index (κ1) is 17.4. The third kappa shape index (κ3) is 3.57. The van der Waals surface area contributed by atoms with E-state index in [9.17, 15) is 9.59 Å². The van der Waals surface area contributed by atoms with Crippen molar-refractivity contribution < 1.29 is 9.53 Å². The summed E-state index contributed by atoms with van der Waals surface area (Å²) in [6, 6.07) is 8.05. The Kier molecular flexibility index (Phi) is 5.12. The van der Waals surface area contributed by atoms with Crippen molar-refractivity contribution in [2.75, 3.05) is 23.8 Å². The molecule has 0 spiro atoms. The van der Waals surface area contributed by atoms with Gasteiger partial charge in [-0.2, -0.15) is 0 Å². The third-order valence-electron chi connectivity index (χ3n) is 4.87. The zero-order chi connectivity index (χ0) is 17.9. The van der Waals surface area contributed by atoms with Crippen LogP contribution in [0.2, 0.25) is 0 Å². The van der Waals surface area contributed by atoms with Gasteiger partial charge >= 0.3 is 5.69 Å². The molecule has 1 fully saturated rings. The average molecular weight is 374 g/mol. The lowest BCUT2D eigenvalue weighted by molar-refractivity contribution is -0.116. The van der Waals surface area contributed by atoms with E-state index < -0.39 is 0 Å². The highest BCUT2D eigenvalue weighted by atomic mass is 32.2. The average Bonchev–Trinajstić information content (AvgIpc) is 3.30. The van der Waals surface area contributed by atoms with E-state index in [0.29, 0.717) is 11.7 Å². The molecule has 1 atom stereocenters. The van der Waals surface area contributed by atoms with Crippen LogP contribution in [0.1, 0.15) is 24.8 Å². The molecule has 1 saturated heterocycles. The van der Waals surface area contributed by atoms with E-state index in [1.807, 2.05) is 23.1 Å². The minimum absolute atomic E-state index is 0.0428. The monoisotopic (exact) mass is 374 g/mol. The second-order valence-electron chi connectivity index (χ2n) is 6.62. The number of fused-ring (bicyclic) bond motifs is 1. The van der Waals surface area contributed by atoms with E-state index in [-0.39, 0.29) is 23.5 Å². The third-order valence-corrected chi connectivity index (χ3v) is 5.83.